The second-order valence-corrected chi connectivity index (χ2v) is 6.02. The molecule has 0 amide bonds. The van der Waals surface area contributed by atoms with Crippen LogP contribution in [0, 0.1) is 0 Å². The lowest BCUT2D eigenvalue weighted by Crippen LogP contribution is -2.07. The first-order valence-corrected chi connectivity index (χ1v) is 7.53. The maximum Gasteiger partial charge on any atom is 0.231 e. The Morgan fingerprint density at radius 3 is 2.67 bits per heavy atom. The number of anilines is 2. The lowest BCUT2D eigenvalue weighted by atomic mass is 10.3. The largest absolute Gasteiger partial charge is 0.495 e. The molecule has 1 N–H and O–H groups in total. The van der Waals surface area contributed by atoms with Crippen molar-refractivity contribution in [2.45, 2.75) is 6.54 Å². The van der Waals surface area contributed by atoms with Gasteiger partial charge in [0.1, 0.15) is 5.75 Å². The molecule has 7 heteroatoms. The normalized spacial score (nSPS) is 10.3. The Hall–Kier alpha value is -1.66. The van der Waals surface area contributed by atoms with Crippen LogP contribution in [0.4, 0.5) is 10.8 Å². The van der Waals surface area contributed by atoms with Crippen LogP contribution in [0.2, 0.25) is 5.02 Å². The second-order valence-electron chi connectivity index (χ2n) is 4.52. The molecule has 5 nitrogen and oxygen atoms in total. The molecule has 0 aliphatic heterocycles. The molecule has 0 bridgehead atoms. The molecule has 0 radical (unpaired) electrons. The smallest absolute Gasteiger partial charge is 0.231 e. The lowest BCUT2D eigenvalue weighted by Gasteiger charge is -2.11. The van der Waals surface area contributed by atoms with Gasteiger partial charge in [-0.05, 0) is 18.2 Å². The van der Waals surface area contributed by atoms with Crippen molar-refractivity contribution in [2.24, 2.45) is 0 Å². The number of nitrogens with zero attached hydrogens (tertiary/aromatic N) is 2. The molecule has 1 heterocycles. The van der Waals surface area contributed by atoms with Crippen molar-refractivity contribution in [3.05, 3.63) is 28.1 Å². The molecule has 114 valence electrons. The topological polar surface area (TPSA) is 46.6 Å². The molecular weight excluding hydrogens is 310 g/mol. The summed E-state index contributed by atoms with van der Waals surface area (Å²) in [6.07, 6.45) is 0. The Labute approximate surface area is 133 Å². The van der Waals surface area contributed by atoms with Crippen molar-refractivity contribution in [2.75, 3.05) is 38.5 Å². The zero-order valence-corrected chi connectivity index (χ0v) is 14.0. The van der Waals surface area contributed by atoms with E-state index in [-0.39, 0.29) is 0 Å². The van der Waals surface area contributed by atoms with Crippen LogP contribution in [0.25, 0.3) is 0 Å². The van der Waals surface area contributed by atoms with E-state index in [0.717, 1.165) is 21.4 Å². The SMILES string of the molecule is COc1ccc(Cl)cc1NCc1sc(N(C)C)nc1OC. The number of ether oxygens (including phenoxy) is 2. The first-order valence-electron chi connectivity index (χ1n) is 6.33. The average Bonchev–Trinajstić information content (AvgIpc) is 2.88. The Kier molecular flexibility index (Phi) is 5.14. The zero-order valence-electron chi connectivity index (χ0n) is 12.4. The summed E-state index contributed by atoms with van der Waals surface area (Å²) in [5.41, 5.74) is 0.840. The summed E-state index contributed by atoms with van der Waals surface area (Å²) in [6, 6.07) is 5.46. The third-order valence-electron chi connectivity index (χ3n) is 2.83. The summed E-state index contributed by atoms with van der Waals surface area (Å²) in [6.45, 7) is 0.589. The molecular formula is C14H18ClN3O2S. The van der Waals surface area contributed by atoms with Crippen LogP contribution < -0.4 is 19.7 Å². The van der Waals surface area contributed by atoms with Gasteiger partial charge in [-0.1, -0.05) is 22.9 Å². The molecule has 0 saturated heterocycles. The van der Waals surface area contributed by atoms with Crippen molar-refractivity contribution in [1.29, 1.82) is 0 Å². The highest BCUT2D eigenvalue weighted by atomic mass is 35.5. The maximum atomic E-state index is 6.02. The van der Waals surface area contributed by atoms with Crippen molar-refractivity contribution < 1.29 is 9.47 Å². The van der Waals surface area contributed by atoms with Crippen LogP contribution in [0.1, 0.15) is 4.88 Å². The summed E-state index contributed by atoms with van der Waals surface area (Å²) < 4.78 is 10.6. The van der Waals surface area contributed by atoms with Crippen LogP contribution in [-0.4, -0.2) is 33.3 Å². The van der Waals surface area contributed by atoms with E-state index in [1.54, 1.807) is 31.6 Å². The van der Waals surface area contributed by atoms with E-state index in [4.69, 9.17) is 21.1 Å². The summed E-state index contributed by atoms with van der Waals surface area (Å²) in [5.74, 6) is 1.38. The Bertz CT molecular complexity index is 616. The van der Waals surface area contributed by atoms with Crippen molar-refractivity contribution in [1.82, 2.24) is 4.98 Å². The first-order chi connectivity index (χ1) is 10.0. The fourth-order valence-corrected chi connectivity index (χ4v) is 2.85. The summed E-state index contributed by atoms with van der Waals surface area (Å²) in [5, 5.41) is 4.87. The van der Waals surface area contributed by atoms with E-state index < -0.39 is 0 Å². The average molecular weight is 328 g/mol. The molecule has 21 heavy (non-hydrogen) atoms. The number of methoxy groups -OCH3 is 2. The number of thiazole rings is 1. The number of hydrogen-bond acceptors (Lipinski definition) is 6. The van der Waals surface area contributed by atoms with Gasteiger partial charge in [-0.2, -0.15) is 4.98 Å². The highest BCUT2D eigenvalue weighted by molar-refractivity contribution is 7.15. The number of aromatic nitrogens is 1. The third kappa shape index (κ3) is 3.71. The fourth-order valence-electron chi connectivity index (χ4n) is 1.78. The van der Waals surface area contributed by atoms with Crippen molar-refractivity contribution >= 4 is 33.8 Å². The molecule has 2 rings (SSSR count). The van der Waals surface area contributed by atoms with Gasteiger partial charge in [0.15, 0.2) is 5.13 Å². The molecule has 1 aromatic heterocycles. The second kappa shape index (κ2) is 6.87. The van der Waals surface area contributed by atoms with Gasteiger partial charge in [0.2, 0.25) is 5.88 Å². The Morgan fingerprint density at radius 1 is 1.29 bits per heavy atom. The third-order valence-corrected chi connectivity index (χ3v) is 4.27. The highest BCUT2D eigenvalue weighted by Gasteiger charge is 2.13. The Morgan fingerprint density at radius 2 is 2.05 bits per heavy atom. The van der Waals surface area contributed by atoms with Crippen LogP contribution in [0.15, 0.2) is 18.2 Å². The van der Waals surface area contributed by atoms with E-state index in [1.165, 1.54) is 0 Å². The standard InChI is InChI=1S/C14H18ClN3O2S/c1-18(2)14-17-13(20-4)12(21-14)8-16-10-7-9(15)5-6-11(10)19-3/h5-7,16H,8H2,1-4H3. The fraction of sp³-hybridized carbons (Fsp3) is 0.357. The highest BCUT2D eigenvalue weighted by Crippen LogP contribution is 2.33. The molecule has 0 saturated carbocycles. The predicted molar refractivity (Wildman–Crippen MR) is 88.3 cm³/mol. The van der Waals surface area contributed by atoms with E-state index in [1.807, 2.05) is 31.1 Å². The number of rotatable bonds is 6. The van der Waals surface area contributed by atoms with E-state index in [2.05, 4.69) is 10.3 Å². The minimum Gasteiger partial charge on any atom is -0.495 e. The van der Waals surface area contributed by atoms with Crippen LogP contribution in [0.5, 0.6) is 11.6 Å². The van der Waals surface area contributed by atoms with Gasteiger partial charge < -0.3 is 19.7 Å². The Balaban J connectivity index is 2.18. The van der Waals surface area contributed by atoms with Gasteiger partial charge >= 0.3 is 0 Å². The molecule has 0 unspecified atom stereocenters. The number of nitrogens with one attached hydrogen (secondary N) is 1. The number of benzene rings is 1. The predicted octanol–water partition coefficient (Wildman–Crippen LogP) is 3.49. The van der Waals surface area contributed by atoms with Crippen molar-refractivity contribution in [3.63, 3.8) is 0 Å². The first kappa shape index (κ1) is 15.7. The van der Waals surface area contributed by atoms with Crippen LogP contribution >= 0.6 is 22.9 Å². The van der Waals surface area contributed by atoms with Crippen LogP contribution in [0.3, 0.4) is 0 Å². The number of halogens is 1. The molecule has 0 atom stereocenters. The lowest BCUT2D eigenvalue weighted by molar-refractivity contribution is 0.397. The van der Waals surface area contributed by atoms with E-state index in [9.17, 15) is 0 Å². The molecule has 1 aromatic carbocycles. The maximum absolute atomic E-state index is 6.02. The summed E-state index contributed by atoms with van der Waals surface area (Å²) in [7, 11) is 7.16. The molecule has 2 aromatic rings. The summed E-state index contributed by atoms with van der Waals surface area (Å²) in [4.78, 5) is 7.40. The zero-order chi connectivity index (χ0) is 15.4. The monoisotopic (exact) mass is 327 g/mol. The van der Waals surface area contributed by atoms with Gasteiger partial charge in [0.05, 0.1) is 31.3 Å². The number of hydrogen-bond donors (Lipinski definition) is 1. The molecule has 0 aliphatic carbocycles. The molecule has 0 spiro atoms. The van der Waals surface area contributed by atoms with Crippen molar-refractivity contribution in [3.8, 4) is 11.6 Å². The van der Waals surface area contributed by atoms with Gasteiger partial charge in [-0.25, -0.2) is 0 Å². The van der Waals surface area contributed by atoms with Gasteiger partial charge in [0.25, 0.3) is 0 Å². The quantitative estimate of drug-likeness (QED) is 0.880. The summed E-state index contributed by atoms with van der Waals surface area (Å²) >= 11 is 7.61. The van der Waals surface area contributed by atoms with E-state index in [0.29, 0.717) is 17.4 Å². The molecule has 0 aliphatic rings. The van der Waals surface area contributed by atoms with Crippen LogP contribution in [-0.2, 0) is 6.54 Å². The van der Waals surface area contributed by atoms with Gasteiger partial charge in [0, 0.05) is 19.1 Å². The van der Waals surface area contributed by atoms with E-state index >= 15 is 0 Å². The van der Waals surface area contributed by atoms with Gasteiger partial charge in [-0.3, -0.25) is 0 Å². The minimum atomic E-state index is 0.589. The minimum absolute atomic E-state index is 0.589. The van der Waals surface area contributed by atoms with Gasteiger partial charge in [-0.15, -0.1) is 0 Å². The molecule has 0 fully saturated rings.